The maximum Gasteiger partial charge on any atom is 0.331 e. The van der Waals surface area contributed by atoms with Crippen molar-refractivity contribution in [2.24, 2.45) is 5.92 Å². The smallest absolute Gasteiger partial charge is 0.331 e. The number of likely N-dealkylation sites (tertiary alicyclic amines) is 2. The fraction of sp³-hybridized carbons (Fsp3) is 0.579. The first-order valence-electron chi connectivity index (χ1n) is 8.79. The summed E-state index contributed by atoms with van der Waals surface area (Å²) in [6.07, 6.45) is 1.73. The van der Waals surface area contributed by atoms with Gasteiger partial charge < -0.3 is 24.0 Å². The number of hydrogen-bond donors (Lipinski definition) is 0. The second kappa shape index (κ2) is 8.14. The van der Waals surface area contributed by atoms with Gasteiger partial charge in [-0.3, -0.25) is 14.4 Å². The van der Waals surface area contributed by atoms with E-state index >= 15 is 0 Å². The number of methoxy groups -OCH3 is 3. The summed E-state index contributed by atoms with van der Waals surface area (Å²) in [5.41, 5.74) is -1.43. The number of carbonyl (C=O) groups is 4. The van der Waals surface area contributed by atoms with Gasteiger partial charge in [-0.15, -0.1) is 6.58 Å². The number of amides is 2. The van der Waals surface area contributed by atoms with Crippen molar-refractivity contribution in [1.82, 2.24) is 9.80 Å². The van der Waals surface area contributed by atoms with Gasteiger partial charge in [-0.05, 0) is 19.4 Å². The second-order valence-corrected chi connectivity index (χ2v) is 6.93. The van der Waals surface area contributed by atoms with Gasteiger partial charge in [0.2, 0.25) is 5.91 Å². The van der Waals surface area contributed by atoms with Gasteiger partial charge in [0.05, 0.1) is 32.2 Å². The maximum absolute atomic E-state index is 12.8. The molecule has 0 aromatic rings. The van der Waals surface area contributed by atoms with Gasteiger partial charge in [0.25, 0.3) is 5.91 Å². The van der Waals surface area contributed by atoms with Crippen molar-refractivity contribution in [3.8, 4) is 0 Å². The van der Waals surface area contributed by atoms with Gasteiger partial charge in [-0.1, -0.05) is 12.7 Å². The highest BCUT2D eigenvalue weighted by molar-refractivity contribution is 5.97. The molecule has 0 aromatic heterocycles. The molecule has 2 aliphatic rings. The van der Waals surface area contributed by atoms with Gasteiger partial charge in [0.15, 0.2) is 6.10 Å². The lowest BCUT2D eigenvalue weighted by molar-refractivity contribution is -0.182. The molecule has 0 saturated carbocycles. The SMILES string of the molecule is C=CCN1C(=O)[C@H](OC)[C@@H]1[C@H]1[C@@H](C(=O)OC)C[C@@](C)(C(=O)OC)N1C(=O)C=C. The van der Waals surface area contributed by atoms with E-state index in [0.29, 0.717) is 0 Å². The summed E-state index contributed by atoms with van der Waals surface area (Å²) < 4.78 is 15.1. The molecule has 2 fully saturated rings. The normalized spacial score (nSPS) is 31.8. The van der Waals surface area contributed by atoms with E-state index in [1.807, 2.05) is 0 Å². The molecule has 9 heteroatoms. The lowest BCUT2D eigenvalue weighted by Crippen LogP contribution is -2.73. The van der Waals surface area contributed by atoms with Crippen molar-refractivity contribution in [3.05, 3.63) is 25.3 Å². The third-order valence-electron chi connectivity index (χ3n) is 5.53. The van der Waals surface area contributed by atoms with Gasteiger partial charge in [-0.2, -0.15) is 0 Å². The number of ether oxygens (including phenoxy) is 3. The molecule has 0 N–H and O–H groups in total. The highest BCUT2D eigenvalue weighted by Gasteiger charge is 2.65. The third kappa shape index (κ3) is 3.09. The minimum atomic E-state index is -1.43. The zero-order valence-corrected chi connectivity index (χ0v) is 16.5. The summed E-state index contributed by atoms with van der Waals surface area (Å²) in [6.45, 7) is 8.88. The number of hydrogen-bond acceptors (Lipinski definition) is 7. The molecule has 28 heavy (non-hydrogen) atoms. The molecular formula is C19H26N2O7. The van der Waals surface area contributed by atoms with E-state index < -0.39 is 47.5 Å². The average molecular weight is 394 g/mol. The van der Waals surface area contributed by atoms with Crippen LogP contribution in [0.15, 0.2) is 25.3 Å². The molecule has 2 amide bonds. The summed E-state index contributed by atoms with van der Waals surface area (Å²) in [5.74, 6) is -2.96. The molecule has 0 radical (unpaired) electrons. The zero-order chi connectivity index (χ0) is 21.2. The standard InChI is InChI=1S/C19H26N2O7/c1-7-9-20-14(15(26-4)16(20)23)13-11(17(24)27-5)10-19(3,18(25)28-6)21(13)12(22)8-2/h7-8,11,13-15H,1-2,9-10H2,3-6H3/t11-,13+,14-,15+,19-/m0/s1. The first-order chi connectivity index (χ1) is 13.2. The summed E-state index contributed by atoms with van der Waals surface area (Å²) in [6, 6.07) is -1.51. The molecule has 5 atom stereocenters. The van der Waals surface area contributed by atoms with Crippen LogP contribution in [0.3, 0.4) is 0 Å². The number of nitrogens with zero attached hydrogens (tertiary/aromatic N) is 2. The Kier molecular flexibility index (Phi) is 6.28. The van der Waals surface area contributed by atoms with Crippen LogP contribution in [0.4, 0.5) is 0 Å². The molecule has 2 heterocycles. The largest absolute Gasteiger partial charge is 0.469 e. The predicted octanol–water partition coefficient (Wildman–Crippen LogP) is -0.0940. The summed E-state index contributed by atoms with van der Waals surface area (Å²) in [5, 5.41) is 0. The number of β-lactam (4-membered cyclic amide) rings is 1. The van der Waals surface area contributed by atoms with Crippen LogP contribution < -0.4 is 0 Å². The van der Waals surface area contributed by atoms with E-state index in [4.69, 9.17) is 14.2 Å². The van der Waals surface area contributed by atoms with Crippen molar-refractivity contribution < 1.29 is 33.4 Å². The van der Waals surface area contributed by atoms with E-state index in [2.05, 4.69) is 13.2 Å². The first kappa shape index (κ1) is 21.6. The summed E-state index contributed by atoms with van der Waals surface area (Å²) in [7, 11) is 3.82. The number of esters is 2. The molecule has 0 bridgehead atoms. The van der Waals surface area contributed by atoms with Gasteiger partial charge >= 0.3 is 11.9 Å². The van der Waals surface area contributed by atoms with Crippen molar-refractivity contribution >= 4 is 23.8 Å². The fourth-order valence-corrected chi connectivity index (χ4v) is 4.30. The zero-order valence-electron chi connectivity index (χ0n) is 16.5. The minimum Gasteiger partial charge on any atom is -0.469 e. The Labute approximate surface area is 163 Å². The Bertz CT molecular complexity index is 706. The molecule has 0 aromatic carbocycles. The Morgan fingerprint density at radius 3 is 2.29 bits per heavy atom. The van der Waals surface area contributed by atoms with Crippen LogP contribution >= 0.6 is 0 Å². The highest BCUT2D eigenvalue weighted by atomic mass is 16.5. The van der Waals surface area contributed by atoms with Crippen LogP contribution in [0.1, 0.15) is 13.3 Å². The molecule has 9 nitrogen and oxygen atoms in total. The Balaban J connectivity index is 2.62. The van der Waals surface area contributed by atoms with Crippen LogP contribution in [0.5, 0.6) is 0 Å². The number of carbonyl (C=O) groups excluding carboxylic acids is 4. The van der Waals surface area contributed by atoms with E-state index in [9.17, 15) is 19.2 Å². The molecular weight excluding hydrogens is 368 g/mol. The molecule has 2 saturated heterocycles. The maximum atomic E-state index is 12.8. The number of rotatable bonds is 7. The summed E-state index contributed by atoms with van der Waals surface area (Å²) in [4.78, 5) is 53.1. The van der Waals surface area contributed by atoms with E-state index in [-0.39, 0.29) is 18.9 Å². The fourth-order valence-electron chi connectivity index (χ4n) is 4.30. The third-order valence-corrected chi connectivity index (χ3v) is 5.53. The van der Waals surface area contributed by atoms with Crippen LogP contribution in [0.2, 0.25) is 0 Å². The quantitative estimate of drug-likeness (QED) is 0.257. The van der Waals surface area contributed by atoms with Crippen molar-refractivity contribution in [2.45, 2.75) is 37.1 Å². The molecule has 2 rings (SSSR count). The molecule has 154 valence electrons. The Morgan fingerprint density at radius 1 is 1.18 bits per heavy atom. The molecule has 0 unspecified atom stereocenters. The second-order valence-electron chi connectivity index (χ2n) is 6.93. The lowest BCUT2D eigenvalue weighted by atomic mass is 9.83. The molecule has 0 aliphatic carbocycles. The van der Waals surface area contributed by atoms with Crippen LogP contribution in [-0.2, 0) is 33.4 Å². The van der Waals surface area contributed by atoms with Crippen LogP contribution in [0, 0.1) is 5.92 Å². The van der Waals surface area contributed by atoms with E-state index in [0.717, 1.165) is 6.08 Å². The molecule has 2 aliphatic heterocycles. The highest BCUT2D eigenvalue weighted by Crippen LogP contribution is 2.45. The summed E-state index contributed by atoms with van der Waals surface area (Å²) >= 11 is 0. The van der Waals surface area contributed by atoms with Crippen molar-refractivity contribution in [3.63, 3.8) is 0 Å². The first-order valence-corrected chi connectivity index (χ1v) is 8.79. The predicted molar refractivity (Wildman–Crippen MR) is 97.9 cm³/mol. The Morgan fingerprint density at radius 2 is 1.82 bits per heavy atom. The van der Waals surface area contributed by atoms with Gasteiger partial charge in [-0.25, -0.2) is 4.79 Å². The van der Waals surface area contributed by atoms with Crippen LogP contribution in [0.25, 0.3) is 0 Å². The van der Waals surface area contributed by atoms with Crippen molar-refractivity contribution in [2.75, 3.05) is 27.9 Å². The van der Waals surface area contributed by atoms with Gasteiger partial charge in [0, 0.05) is 13.7 Å². The topological polar surface area (TPSA) is 102 Å². The van der Waals surface area contributed by atoms with E-state index in [1.165, 1.54) is 44.1 Å². The lowest BCUT2D eigenvalue weighted by Gasteiger charge is -2.52. The van der Waals surface area contributed by atoms with Crippen LogP contribution in [-0.4, -0.2) is 85.2 Å². The monoisotopic (exact) mass is 394 g/mol. The van der Waals surface area contributed by atoms with E-state index in [1.54, 1.807) is 0 Å². The minimum absolute atomic E-state index is 0.0142. The Hall–Kier alpha value is -2.68. The molecule has 0 spiro atoms. The van der Waals surface area contributed by atoms with Crippen molar-refractivity contribution in [1.29, 1.82) is 0 Å². The average Bonchev–Trinajstić information content (AvgIpc) is 3.01. The van der Waals surface area contributed by atoms with Gasteiger partial charge in [0.1, 0.15) is 5.54 Å².